The van der Waals surface area contributed by atoms with E-state index in [1.807, 2.05) is 0 Å². The zero-order valence-corrected chi connectivity index (χ0v) is 13.6. The summed E-state index contributed by atoms with van der Waals surface area (Å²) in [7, 11) is 4.83. The number of carbonyl (C=O) groups is 3. The van der Waals surface area contributed by atoms with E-state index in [-0.39, 0.29) is 17.7 Å². The van der Waals surface area contributed by atoms with E-state index in [0.717, 1.165) is 12.8 Å². The topological polar surface area (TPSA) is 87.3 Å². The smallest absolute Gasteiger partial charge is 0.243 e. The summed E-state index contributed by atoms with van der Waals surface area (Å²) in [4.78, 5) is 30.6. The second-order valence-electron chi connectivity index (χ2n) is 3.76. The lowest BCUT2D eigenvalue weighted by molar-refractivity contribution is -0.121. The van der Waals surface area contributed by atoms with Crippen LogP contribution >= 0.6 is 0 Å². The van der Waals surface area contributed by atoms with E-state index >= 15 is 0 Å². The van der Waals surface area contributed by atoms with Crippen LogP contribution in [0.3, 0.4) is 0 Å². The number of amides is 3. The molecule has 0 fully saturated rings. The van der Waals surface area contributed by atoms with Crippen LogP contribution in [-0.2, 0) is 14.4 Å². The summed E-state index contributed by atoms with van der Waals surface area (Å²) in [6.45, 7) is 8.68. The zero-order chi connectivity index (χ0) is 17.1. The summed E-state index contributed by atoms with van der Waals surface area (Å²) in [5.74, 6) is 0.0110. The van der Waals surface area contributed by atoms with E-state index in [4.69, 9.17) is 0 Å². The summed E-state index contributed by atoms with van der Waals surface area (Å²) in [5, 5.41) is 7.37. The minimum Gasteiger partial charge on any atom is -0.359 e. The van der Waals surface area contributed by atoms with E-state index in [9.17, 15) is 14.4 Å². The Kier molecular flexibility index (Phi) is 23.0. The Morgan fingerprint density at radius 3 is 1.67 bits per heavy atom. The second kappa shape index (κ2) is 20.2. The van der Waals surface area contributed by atoms with Gasteiger partial charge in [0.15, 0.2) is 0 Å². The maximum atomic E-state index is 10.5. The molecule has 0 aliphatic heterocycles. The fraction of sp³-hybridized carbons (Fsp3) is 0.533. The number of hydrogen-bond donors (Lipinski definition) is 3. The molecule has 0 saturated heterocycles. The maximum absolute atomic E-state index is 10.5. The van der Waals surface area contributed by atoms with Crippen LogP contribution < -0.4 is 16.0 Å². The zero-order valence-electron chi connectivity index (χ0n) is 13.6. The van der Waals surface area contributed by atoms with Crippen LogP contribution in [0.25, 0.3) is 0 Å². The first-order valence-corrected chi connectivity index (χ1v) is 6.79. The van der Waals surface area contributed by atoms with Crippen molar-refractivity contribution in [3.05, 3.63) is 25.3 Å². The summed E-state index contributed by atoms with van der Waals surface area (Å²) >= 11 is 0. The molecule has 0 aliphatic carbocycles. The van der Waals surface area contributed by atoms with Crippen molar-refractivity contribution in [2.75, 3.05) is 21.1 Å². The van der Waals surface area contributed by atoms with Crippen LogP contribution in [0.15, 0.2) is 25.3 Å². The quantitative estimate of drug-likeness (QED) is 0.508. The van der Waals surface area contributed by atoms with Gasteiger partial charge in [0.2, 0.25) is 17.7 Å². The standard InChI is InChI=1S/C6H13NO.C5H9NO.C4H7NO/c1-3-4-5-6(8)7-2;1-3-4-5(7)6-2;1-3-4(6)5-2/h3-5H2,1-2H3,(H,7,8);3H,1,4H2,2H3,(H,6,7);3H,1H2,2H3,(H,5,6). The Balaban J connectivity index is -0.000000234. The molecule has 21 heavy (non-hydrogen) atoms. The molecule has 0 radical (unpaired) electrons. The lowest BCUT2D eigenvalue weighted by atomic mass is 10.2. The molecule has 0 unspecified atom stereocenters. The minimum absolute atomic E-state index is 0.00926. The van der Waals surface area contributed by atoms with Crippen LogP contribution in [0.1, 0.15) is 32.6 Å². The van der Waals surface area contributed by atoms with E-state index in [2.05, 4.69) is 36.0 Å². The van der Waals surface area contributed by atoms with Crippen molar-refractivity contribution >= 4 is 17.7 Å². The molecule has 0 bridgehead atoms. The maximum Gasteiger partial charge on any atom is 0.243 e. The van der Waals surface area contributed by atoms with Gasteiger partial charge in [0.1, 0.15) is 0 Å². The highest BCUT2D eigenvalue weighted by Crippen LogP contribution is 1.91. The molecule has 6 nitrogen and oxygen atoms in total. The third-order valence-electron chi connectivity index (χ3n) is 2.08. The van der Waals surface area contributed by atoms with Gasteiger partial charge in [-0.3, -0.25) is 14.4 Å². The van der Waals surface area contributed by atoms with E-state index < -0.39 is 0 Å². The number of rotatable bonds is 6. The molecule has 0 aromatic carbocycles. The fourth-order valence-electron chi connectivity index (χ4n) is 0.798. The Morgan fingerprint density at radius 2 is 1.48 bits per heavy atom. The summed E-state index contributed by atoms with van der Waals surface area (Å²) in [5.41, 5.74) is 0. The van der Waals surface area contributed by atoms with Crippen LogP contribution in [0.2, 0.25) is 0 Å². The lowest BCUT2D eigenvalue weighted by Gasteiger charge is -1.94. The first kappa shape index (κ1) is 23.9. The van der Waals surface area contributed by atoms with Gasteiger partial charge in [-0.25, -0.2) is 0 Å². The fourth-order valence-corrected chi connectivity index (χ4v) is 0.798. The second-order valence-corrected chi connectivity index (χ2v) is 3.76. The molecule has 6 heteroatoms. The van der Waals surface area contributed by atoms with Gasteiger partial charge in [-0.1, -0.05) is 26.0 Å². The first-order chi connectivity index (χ1) is 9.92. The first-order valence-electron chi connectivity index (χ1n) is 6.79. The molecule has 0 atom stereocenters. The van der Waals surface area contributed by atoms with Gasteiger partial charge in [0.25, 0.3) is 0 Å². The predicted octanol–water partition coefficient (Wildman–Crippen LogP) is 1.15. The van der Waals surface area contributed by atoms with Crippen LogP contribution in [-0.4, -0.2) is 38.9 Å². The number of unbranched alkanes of at least 4 members (excludes halogenated alkanes) is 1. The van der Waals surface area contributed by atoms with Gasteiger partial charge in [0.05, 0.1) is 0 Å². The van der Waals surface area contributed by atoms with Crippen LogP contribution in [0, 0.1) is 0 Å². The highest BCUT2D eigenvalue weighted by molar-refractivity contribution is 5.86. The Labute approximate surface area is 128 Å². The normalized spacial score (nSPS) is 7.81. The largest absolute Gasteiger partial charge is 0.359 e. The van der Waals surface area contributed by atoms with Crippen molar-refractivity contribution < 1.29 is 14.4 Å². The number of carbonyl (C=O) groups excluding carboxylic acids is 3. The lowest BCUT2D eigenvalue weighted by Crippen LogP contribution is -2.16. The van der Waals surface area contributed by atoms with Crippen molar-refractivity contribution in [3.63, 3.8) is 0 Å². The molecular formula is C15H29N3O3. The highest BCUT2D eigenvalue weighted by atomic mass is 16.2. The molecular weight excluding hydrogens is 270 g/mol. The van der Waals surface area contributed by atoms with Crippen molar-refractivity contribution in [1.29, 1.82) is 0 Å². The van der Waals surface area contributed by atoms with Gasteiger partial charge < -0.3 is 16.0 Å². The molecule has 3 N–H and O–H groups in total. The molecule has 122 valence electrons. The number of likely N-dealkylation sites (N-methyl/N-ethyl adjacent to an activating group) is 1. The Hall–Kier alpha value is -2.11. The van der Waals surface area contributed by atoms with Gasteiger partial charge >= 0.3 is 0 Å². The highest BCUT2D eigenvalue weighted by Gasteiger charge is 1.92. The Morgan fingerprint density at radius 1 is 0.952 bits per heavy atom. The van der Waals surface area contributed by atoms with Gasteiger partial charge in [0, 0.05) is 34.0 Å². The third kappa shape index (κ3) is 27.2. The molecule has 0 aromatic rings. The molecule has 0 aliphatic rings. The van der Waals surface area contributed by atoms with Crippen molar-refractivity contribution in [2.24, 2.45) is 0 Å². The number of nitrogens with one attached hydrogen (secondary N) is 3. The third-order valence-corrected chi connectivity index (χ3v) is 2.08. The SMILES string of the molecule is C=CC(=O)NC.C=CCC(=O)NC.CCCCC(=O)NC. The Bertz CT molecular complexity index is 315. The van der Waals surface area contributed by atoms with Crippen molar-refractivity contribution in [2.45, 2.75) is 32.6 Å². The van der Waals surface area contributed by atoms with Crippen molar-refractivity contribution in [1.82, 2.24) is 16.0 Å². The van der Waals surface area contributed by atoms with Gasteiger partial charge in [-0.05, 0) is 12.5 Å². The molecule has 0 aromatic heterocycles. The molecule has 0 rings (SSSR count). The van der Waals surface area contributed by atoms with Crippen LogP contribution in [0.4, 0.5) is 0 Å². The molecule has 0 spiro atoms. The summed E-state index contributed by atoms with van der Waals surface area (Å²) in [6.07, 6.45) is 5.97. The summed E-state index contributed by atoms with van der Waals surface area (Å²) in [6, 6.07) is 0. The predicted molar refractivity (Wildman–Crippen MR) is 86.7 cm³/mol. The molecule has 0 heterocycles. The number of hydrogen-bond acceptors (Lipinski definition) is 3. The average molecular weight is 299 g/mol. The van der Waals surface area contributed by atoms with Gasteiger partial charge in [-0.2, -0.15) is 0 Å². The van der Waals surface area contributed by atoms with E-state index in [1.54, 1.807) is 27.2 Å². The van der Waals surface area contributed by atoms with Gasteiger partial charge in [-0.15, -0.1) is 6.58 Å². The average Bonchev–Trinajstić information content (AvgIpc) is 2.52. The monoisotopic (exact) mass is 299 g/mol. The van der Waals surface area contributed by atoms with Crippen LogP contribution in [0.5, 0.6) is 0 Å². The summed E-state index contributed by atoms with van der Waals surface area (Å²) < 4.78 is 0. The van der Waals surface area contributed by atoms with E-state index in [0.29, 0.717) is 12.8 Å². The molecule has 0 saturated carbocycles. The van der Waals surface area contributed by atoms with Crippen molar-refractivity contribution in [3.8, 4) is 0 Å². The molecule has 3 amide bonds. The van der Waals surface area contributed by atoms with E-state index in [1.165, 1.54) is 6.08 Å². The minimum atomic E-state index is -0.144.